The molecule has 0 bridgehead atoms. The summed E-state index contributed by atoms with van der Waals surface area (Å²) >= 11 is 1.53. The maximum Gasteiger partial charge on any atom is 0.236 e. The fourth-order valence-electron chi connectivity index (χ4n) is 3.93. The number of carbonyl (C=O) groups is 1. The lowest BCUT2D eigenvalue weighted by molar-refractivity contribution is -0.130. The van der Waals surface area contributed by atoms with Crippen LogP contribution in [0.5, 0.6) is 0 Å². The van der Waals surface area contributed by atoms with Crippen molar-refractivity contribution in [2.45, 2.75) is 31.2 Å². The van der Waals surface area contributed by atoms with Gasteiger partial charge in [-0.2, -0.15) is 0 Å². The molecular formula is C24H28N4OS. The summed E-state index contributed by atoms with van der Waals surface area (Å²) in [4.78, 5) is 21.9. The van der Waals surface area contributed by atoms with Gasteiger partial charge in [0.1, 0.15) is 0 Å². The maximum atomic E-state index is 13.1. The van der Waals surface area contributed by atoms with Gasteiger partial charge in [-0.15, -0.1) is 0 Å². The van der Waals surface area contributed by atoms with E-state index in [1.54, 1.807) is 6.20 Å². The van der Waals surface area contributed by atoms with Crippen LogP contribution in [0, 0.1) is 13.8 Å². The van der Waals surface area contributed by atoms with Gasteiger partial charge in [-0.25, -0.2) is 4.98 Å². The third kappa shape index (κ3) is 4.38. The lowest BCUT2D eigenvalue weighted by Crippen LogP contribution is -2.50. The van der Waals surface area contributed by atoms with Gasteiger partial charge in [0, 0.05) is 44.3 Å². The van der Waals surface area contributed by atoms with Crippen LogP contribution < -0.4 is 4.90 Å². The molecule has 0 saturated carbocycles. The smallest absolute Gasteiger partial charge is 0.236 e. The summed E-state index contributed by atoms with van der Waals surface area (Å²) in [6.45, 7) is 9.43. The van der Waals surface area contributed by atoms with Crippen LogP contribution in [0.25, 0.3) is 5.69 Å². The molecular weight excluding hydrogens is 392 g/mol. The molecule has 6 heteroatoms. The van der Waals surface area contributed by atoms with Crippen molar-refractivity contribution in [2.24, 2.45) is 0 Å². The quantitative estimate of drug-likeness (QED) is 0.577. The standard InChI is InChI=1S/C24H28N4OS/c1-18-9-10-22(19(2)17-18)28-12-11-25-24(28)30-20(3)23(29)27-15-13-26(14-16-27)21-7-5-4-6-8-21/h4-12,17,20H,13-16H2,1-3H3. The molecule has 1 aliphatic rings. The molecule has 2 aromatic carbocycles. The number of imidazole rings is 1. The molecule has 2 heterocycles. The van der Waals surface area contributed by atoms with E-state index in [1.165, 1.54) is 28.6 Å². The number of piperazine rings is 1. The van der Waals surface area contributed by atoms with E-state index in [-0.39, 0.29) is 11.2 Å². The minimum atomic E-state index is -0.180. The first-order valence-electron chi connectivity index (χ1n) is 10.4. The van der Waals surface area contributed by atoms with Crippen molar-refractivity contribution < 1.29 is 4.79 Å². The maximum absolute atomic E-state index is 13.1. The van der Waals surface area contributed by atoms with Crippen molar-refractivity contribution in [3.63, 3.8) is 0 Å². The molecule has 1 unspecified atom stereocenters. The lowest BCUT2D eigenvalue weighted by Gasteiger charge is -2.37. The van der Waals surface area contributed by atoms with Gasteiger partial charge in [-0.05, 0) is 44.5 Å². The molecule has 0 N–H and O–H groups in total. The van der Waals surface area contributed by atoms with Gasteiger partial charge in [0.2, 0.25) is 5.91 Å². The predicted octanol–water partition coefficient (Wildman–Crippen LogP) is 4.32. The number of hydrogen-bond acceptors (Lipinski definition) is 4. The molecule has 1 fully saturated rings. The van der Waals surface area contributed by atoms with Crippen molar-refractivity contribution >= 4 is 23.4 Å². The van der Waals surface area contributed by atoms with Gasteiger partial charge in [-0.1, -0.05) is 47.7 Å². The predicted molar refractivity (Wildman–Crippen MR) is 124 cm³/mol. The zero-order chi connectivity index (χ0) is 21.1. The fourth-order valence-corrected chi connectivity index (χ4v) is 4.89. The summed E-state index contributed by atoms with van der Waals surface area (Å²) in [6.07, 6.45) is 3.77. The summed E-state index contributed by atoms with van der Waals surface area (Å²) in [5, 5.41) is 0.672. The van der Waals surface area contributed by atoms with Crippen molar-refractivity contribution in [3.05, 3.63) is 72.1 Å². The average molecular weight is 421 g/mol. The van der Waals surface area contributed by atoms with E-state index < -0.39 is 0 Å². The van der Waals surface area contributed by atoms with Gasteiger partial charge in [-0.3, -0.25) is 9.36 Å². The largest absolute Gasteiger partial charge is 0.368 e. The summed E-state index contributed by atoms with van der Waals surface area (Å²) in [5.74, 6) is 0.183. The molecule has 1 amide bonds. The molecule has 3 aromatic rings. The molecule has 0 aliphatic carbocycles. The Morgan fingerprint density at radius 3 is 2.47 bits per heavy atom. The zero-order valence-corrected chi connectivity index (χ0v) is 18.6. The molecule has 156 valence electrons. The molecule has 4 rings (SSSR count). The van der Waals surface area contributed by atoms with E-state index in [9.17, 15) is 4.79 Å². The van der Waals surface area contributed by atoms with Crippen LogP contribution in [0.3, 0.4) is 0 Å². The minimum Gasteiger partial charge on any atom is -0.368 e. The van der Waals surface area contributed by atoms with E-state index in [0.29, 0.717) is 0 Å². The number of amides is 1. The number of aromatic nitrogens is 2. The minimum absolute atomic E-state index is 0.180. The molecule has 30 heavy (non-hydrogen) atoms. The SMILES string of the molecule is Cc1ccc(-n2ccnc2SC(C)C(=O)N2CCN(c3ccccc3)CC2)c(C)c1. The molecule has 1 saturated heterocycles. The number of hydrogen-bond donors (Lipinski definition) is 0. The Bertz CT molecular complexity index is 1010. The Labute approximate surface area is 182 Å². The number of anilines is 1. The van der Waals surface area contributed by atoms with Gasteiger partial charge >= 0.3 is 0 Å². The van der Waals surface area contributed by atoms with E-state index >= 15 is 0 Å². The number of para-hydroxylation sites is 1. The molecule has 1 aliphatic heterocycles. The molecule has 0 spiro atoms. The highest BCUT2D eigenvalue weighted by Gasteiger charge is 2.26. The number of benzene rings is 2. The van der Waals surface area contributed by atoms with Gasteiger partial charge in [0.25, 0.3) is 0 Å². The van der Waals surface area contributed by atoms with Crippen molar-refractivity contribution in [3.8, 4) is 5.69 Å². The second-order valence-corrected chi connectivity index (χ2v) is 9.09. The number of carbonyl (C=O) groups excluding carboxylic acids is 1. The topological polar surface area (TPSA) is 41.4 Å². The van der Waals surface area contributed by atoms with Crippen molar-refractivity contribution in [1.82, 2.24) is 14.5 Å². The summed E-state index contributed by atoms with van der Waals surface area (Å²) in [7, 11) is 0. The number of rotatable bonds is 5. The van der Waals surface area contributed by atoms with Crippen LogP contribution in [-0.2, 0) is 4.79 Å². The Balaban J connectivity index is 1.40. The van der Waals surface area contributed by atoms with Crippen molar-refractivity contribution in [2.75, 3.05) is 31.1 Å². The Morgan fingerprint density at radius 2 is 1.77 bits per heavy atom. The Kier molecular flexibility index (Phi) is 6.13. The van der Waals surface area contributed by atoms with E-state index in [0.717, 1.165) is 37.0 Å². The second-order valence-electron chi connectivity index (χ2n) is 7.78. The van der Waals surface area contributed by atoms with Crippen LogP contribution >= 0.6 is 11.8 Å². The molecule has 5 nitrogen and oxygen atoms in total. The van der Waals surface area contributed by atoms with Gasteiger partial charge in [0.05, 0.1) is 10.9 Å². The zero-order valence-electron chi connectivity index (χ0n) is 17.8. The highest BCUT2D eigenvalue weighted by atomic mass is 32.2. The number of nitrogens with zero attached hydrogens (tertiary/aromatic N) is 4. The summed E-state index contributed by atoms with van der Waals surface area (Å²) in [6, 6.07) is 16.8. The Hall–Kier alpha value is -2.73. The second kappa shape index (κ2) is 8.96. The van der Waals surface area contributed by atoms with E-state index in [1.807, 2.05) is 24.1 Å². The van der Waals surface area contributed by atoms with Crippen LogP contribution in [0.1, 0.15) is 18.1 Å². The molecule has 1 aromatic heterocycles. The van der Waals surface area contributed by atoms with Crippen LogP contribution in [0.2, 0.25) is 0 Å². The lowest BCUT2D eigenvalue weighted by atomic mass is 10.1. The first-order chi connectivity index (χ1) is 14.5. The monoisotopic (exact) mass is 420 g/mol. The van der Waals surface area contributed by atoms with Gasteiger partial charge < -0.3 is 9.80 Å². The molecule has 1 atom stereocenters. The first kappa shape index (κ1) is 20.5. The van der Waals surface area contributed by atoms with Crippen LogP contribution in [0.15, 0.2) is 66.1 Å². The highest BCUT2D eigenvalue weighted by Crippen LogP contribution is 2.28. The average Bonchev–Trinajstić information content (AvgIpc) is 3.21. The summed E-state index contributed by atoms with van der Waals surface area (Å²) < 4.78 is 2.08. The first-order valence-corrected chi connectivity index (χ1v) is 11.3. The van der Waals surface area contributed by atoms with Crippen LogP contribution in [-0.4, -0.2) is 51.8 Å². The Morgan fingerprint density at radius 1 is 1.03 bits per heavy atom. The number of aryl methyl sites for hydroxylation is 2. The number of thioether (sulfide) groups is 1. The van der Waals surface area contributed by atoms with E-state index in [4.69, 9.17) is 0 Å². The highest BCUT2D eigenvalue weighted by molar-refractivity contribution is 8.00. The van der Waals surface area contributed by atoms with Crippen molar-refractivity contribution in [1.29, 1.82) is 0 Å². The normalized spacial score (nSPS) is 15.3. The fraction of sp³-hybridized carbons (Fsp3) is 0.333. The molecule has 0 radical (unpaired) electrons. The van der Waals surface area contributed by atoms with E-state index in [2.05, 4.69) is 70.8 Å². The third-order valence-electron chi connectivity index (χ3n) is 5.56. The summed E-state index contributed by atoms with van der Waals surface area (Å²) in [5.41, 5.74) is 4.77. The van der Waals surface area contributed by atoms with Gasteiger partial charge in [0.15, 0.2) is 5.16 Å². The third-order valence-corrected chi connectivity index (χ3v) is 6.63. The van der Waals surface area contributed by atoms with Crippen LogP contribution in [0.4, 0.5) is 5.69 Å².